The molecule has 2 aromatic rings. The van der Waals surface area contributed by atoms with E-state index in [2.05, 4.69) is 10.1 Å². The van der Waals surface area contributed by atoms with Crippen molar-refractivity contribution in [3.63, 3.8) is 0 Å². The van der Waals surface area contributed by atoms with Gasteiger partial charge >= 0.3 is 0 Å². The molecule has 15 heavy (non-hydrogen) atoms. The topological polar surface area (TPSA) is 56.0 Å². The van der Waals surface area contributed by atoms with Gasteiger partial charge in [0.2, 0.25) is 0 Å². The van der Waals surface area contributed by atoms with Crippen LogP contribution in [0.1, 0.15) is 5.82 Å². The van der Waals surface area contributed by atoms with Crippen LogP contribution in [0.3, 0.4) is 0 Å². The van der Waals surface area contributed by atoms with Gasteiger partial charge in [0, 0.05) is 0 Å². The van der Waals surface area contributed by atoms with E-state index in [1.807, 2.05) is 12.1 Å². The van der Waals surface area contributed by atoms with Gasteiger partial charge in [0.15, 0.2) is 5.82 Å². The number of hydrogen-bond acceptors (Lipinski definition) is 4. The third kappa shape index (κ3) is 2.05. The molecule has 0 aliphatic rings. The Morgan fingerprint density at radius 2 is 2.20 bits per heavy atom. The lowest BCUT2D eigenvalue weighted by Gasteiger charge is -1.95. The molecule has 0 aliphatic heterocycles. The van der Waals surface area contributed by atoms with Crippen LogP contribution < -0.4 is 0 Å². The Kier molecular flexibility index (Phi) is 2.78. The van der Waals surface area contributed by atoms with E-state index < -0.39 is 0 Å². The van der Waals surface area contributed by atoms with Crippen molar-refractivity contribution in [2.75, 3.05) is 0 Å². The highest BCUT2D eigenvalue weighted by Gasteiger charge is 2.10. The van der Waals surface area contributed by atoms with E-state index >= 15 is 0 Å². The first kappa shape index (κ1) is 9.86. The normalized spacial score (nSPS) is 10.2. The van der Waals surface area contributed by atoms with Crippen molar-refractivity contribution in [1.29, 1.82) is 0 Å². The van der Waals surface area contributed by atoms with E-state index in [1.165, 1.54) is 0 Å². The average Bonchev–Trinajstić information content (AvgIpc) is 2.68. The van der Waals surface area contributed by atoms with Crippen molar-refractivity contribution in [1.82, 2.24) is 10.1 Å². The second-order valence-electron chi connectivity index (χ2n) is 2.87. The Hall–Kier alpha value is -1.68. The number of benzene rings is 1. The van der Waals surface area contributed by atoms with Crippen LogP contribution in [0.25, 0.3) is 11.5 Å². The summed E-state index contributed by atoms with van der Waals surface area (Å²) < 4.78 is 4.98. The van der Waals surface area contributed by atoms with Crippen molar-refractivity contribution >= 4 is 17.9 Å². The first-order valence-corrected chi connectivity index (χ1v) is 4.70. The number of halogens is 1. The van der Waals surface area contributed by atoms with Crippen molar-refractivity contribution < 1.29 is 9.32 Å². The monoisotopic (exact) mass is 222 g/mol. The highest BCUT2D eigenvalue weighted by Crippen LogP contribution is 2.25. The summed E-state index contributed by atoms with van der Waals surface area (Å²) in [5, 5.41) is 4.19. The van der Waals surface area contributed by atoms with Crippen LogP contribution in [-0.4, -0.2) is 16.4 Å². The Labute approximate surface area is 90.9 Å². The predicted octanol–water partition coefficient (Wildman–Crippen LogP) is 2.13. The van der Waals surface area contributed by atoms with Crippen LogP contribution in [0, 0.1) is 0 Å². The standard InChI is InChI=1S/C10H7ClN2O2/c11-8-4-2-1-3-7(8)10-12-9(5-6-14)13-15-10/h1-4,6H,5H2. The fraction of sp³-hybridized carbons (Fsp3) is 0.100. The number of rotatable bonds is 3. The van der Waals surface area contributed by atoms with Crippen LogP contribution in [0.5, 0.6) is 0 Å². The predicted molar refractivity (Wildman–Crippen MR) is 54.5 cm³/mol. The van der Waals surface area contributed by atoms with E-state index in [0.717, 1.165) is 6.29 Å². The van der Waals surface area contributed by atoms with E-state index in [0.29, 0.717) is 22.3 Å². The zero-order valence-corrected chi connectivity index (χ0v) is 8.44. The van der Waals surface area contributed by atoms with Gasteiger partial charge in [-0.3, -0.25) is 0 Å². The Balaban J connectivity index is 2.37. The largest absolute Gasteiger partial charge is 0.334 e. The number of nitrogens with zero attached hydrogens (tertiary/aromatic N) is 2. The molecule has 5 heteroatoms. The molecule has 0 spiro atoms. The third-order valence-electron chi connectivity index (χ3n) is 1.84. The van der Waals surface area contributed by atoms with Crippen molar-refractivity contribution in [2.24, 2.45) is 0 Å². The van der Waals surface area contributed by atoms with Gasteiger partial charge in [0.25, 0.3) is 5.89 Å². The Morgan fingerprint density at radius 3 is 2.93 bits per heavy atom. The molecule has 0 fully saturated rings. The second-order valence-corrected chi connectivity index (χ2v) is 3.27. The van der Waals surface area contributed by atoms with Gasteiger partial charge in [-0.25, -0.2) is 0 Å². The Bertz CT molecular complexity index is 482. The lowest BCUT2D eigenvalue weighted by Crippen LogP contribution is -1.88. The molecule has 0 N–H and O–H groups in total. The van der Waals surface area contributed by atoms with Crippen molar-refractivity contribution in [3.8, 4) is 11.5 Å². The summed E-state index contributed by atoms with van der Waals surface area (Å²) in [6, 6.07) is 7.15. The number of carbonyl (C=O) groups is 1. The number of carbonyl (C=O) groups excluding carboxylic acids is 1. The first-order valence-electron chi connectivity index (χ1n) is 4.32. The zero-order valence-electron chi connectivity index (χ0n) is 7.68. The molecular weight excluding hydrogens is 216 g/mol. The van der Waals surface area contributed by atoms with Crippen molar-refractivity contribution in [3.05, 3.63) is 35.1 Å². The lowest BCUT2D eigenvalue weighted by molar-refractivity contribution is -0.107. The third-order valence-corrected chi connectivity index (χ3v) is 2.17. The van der Waals surface area contributed by atoms with Gasteiger partial charge in [0.1, 0.15) is 6.29 Å². The van der Waals surface area contributed by atoms with Gasteiger partial charge in [-0.2, -0.15) is 4.98 Å². The van der Waals surface area contributed by atoms with Crippen LogP contribution >= 0.6 is 11.6 Å². The van der Waals surface area contributed by atoms with Gasteiger partial charge in [-0.15, -0.1) is 0 Å². The molecule has 0 saturated carbocycles. The summed E-state index contributed by atoms with van der Waals surface area (Å²) >= 11 is 5.95. The highest BCUT2D eigenvalue weighted by atomic mass is 35.5. The quantitative estimate of drug-likeness (QED) is 0.747. The van der Waals surface area contributed by atoms with E-state index in [4.69, 9.17) is 16.1 Å². The second kappa shape index (κ2) is 4.23. The van der Waals surface area contributed by atoms with Gasteiger partial charge in [0.05, 0.1) is 17.0 Å². The molecule has 0 saturated heterocycles. The van der Waals surface area contributed by atoms with E-state index in [9.17, 15) is 4.79 Å². The summed E-state index contributed by atoms with van der Waals surface area (Å²) in [5.41, 5.74) is 0.670. The molecule has 0 radical (unpaired) electrons. The molecule has 1 heterocycles. The summed E-state index contributed by atoms with van der Waals surface area (Å²) in [4.78, 5) is 14.3. The molecular formula is C10H7ClN2O2. The van der Waals surface area contributed by atoms with Crippen molar-refractivity contribution in [2.45, 2.75) is 6.42 Å². The fourth-order valence-corrected chi connectivity index (χ4v) is 1.37. The average molecular weight is 223 g/mol. The van der Waals surface area contributed by atoms with Crippen LogP contribution in [0.15, 0.2) is 28.8 Å². The minimum atomic E-state index is 0.147. The SMILES string of the molecule is O=CCc1noc(-c2ccccc2Cl)n1. The first-order chi connectivity index (χ1) is 7.31. The molecule has 0 bridgehead atoms. The maximum Gasteiger partial charge on any atom is 0.259 e. The molecule has 0 aliphatic carbocycles. The minimum absolute atomic E-state index is 0.147. The molecule has 1 aromatic carbocycles. The van der Waals surface area contributed by atoms with E-state index in [1.54, 1.807) is 12.1 Å². The van der Waals surface area contributed by atoms with Crippen LogP contribution in [-0.2, 0) is 11.2 Å². The Morgan fingerprint density at radius 1 is 1.40 bits per heavy atom. The molecule has 0 unspecified atom stereocenters. The molecule has 4 nitrogen and oxygen atoms in total. The van der Waals surface area contributed by atoms with E-state index in [-0.39, 0.29) is 6.42 Å². The number of hydrogen-bond donors (Lipinski definition) is 0. The zero-order chi connectivity index (χ0) is 10.7. The summed E-state index contributed by atoms with van der Waals surface area (Å²) in [6.07, 6.45) is 0.870. The summed E-state index contributed by atoms with van der Waals surface area (Å²) in [6.45, 7) is 0. The summed E-state index contributed by atoms with van der Waals surface area (Å²) in [5.74, 6) is 0.692. The maximum atomic E-state index is 10.2. The number of aromatic nitrogens is 2. The van der Waals surface area contributed by atoms with Crippen LogP contribution in [0.2, 0.25) is 5.02 Å². The molecule has 76 valence electrons. The molecule has 2 rings (SSSR count). The number of aldehydes is 1. The fourth-order valence-electron chi connectivity index (χ4n) is 1.16. The van der Waals surface area contributed by atoms with Crippen LogP contribution in [0.4, 0.5) is 0 Å². The van der Waals surface area contributed by atoms with Gasteiger partial charge < -0.3 is 9.32 Å². The highest BCUT2D eigenvalue weighted by molar-refractivity contribution is 6.33. The van der Waals surface area contributed by atoms with Gasteiger partial charge in [-0.1, -0.05) is 28.9 Å². The summed E-state index contributed by atoms with van der Waals surface area (Å²) in [7, 11) is 0. The maximum absolute atomic E-state index is 10.2. The lowest BCUT2D eigenvalue weighted by atomic mass is 10.2. The molecule has 0 atom stereocenters. The smallest absolute Gasteiger partial charge is 0.259 e. The minimum Gasteiger partial charge on any atom is -0.334 e. The molecule has 0 amide bonds. The molecule has 1 aromatic heterocycles. The van der Waals surface area contributed by atoms with Gasteiger partial charge in [-0.05, 0) is 12.1 Å².